The van der Waals surface area contributed by atoms with E-state index in [2.05, 4.69) is 15.5 Å². The van der Waals surface area contributed by atoms with Crippen molar-refractivity contribution < 1.29 is 9.18 Å². The Bertz CT molecular complexity index is 475. The molecule has 0 saturated carbocycles. The number of likely N-dealkylation sites (N-methyl/N-ethyl adjacent to an activating group) is 1. The Morgan fingerprint density at radius 3 is 2.74 bits per heavy atom. The van der Waals surface area contributed by atoms with Gasteiger partial charge in [-0.15, -0.1) is 12.4 Å². The van der Waals surface area contributed by atoms with Gasteiger partial charge in [0.15, 0.2) is 0 Å². The second-order valence-corrected chi connectivity index (χ2v) is 6.09. The first-order valence-corrected chi connectivity index (χ1v) is 8.02. The summed E-state index contributed by atoms with van der Waals surface area (Å²) < 4.78 is 12.9. The van der Waals surface area contributed by atoms with Crippen LogP contribution in [0.3, 0.4) is 0 Å². The molecule has 1 heterocycles. The van der Waals surface area contributed by atoms with E-state index in [4.69, 9.17) is 0 Å². The molecule has 0 radical (unpaired) electrons. The number of rotatable bonds is 5. The molecule has 1 aliphatic rings. The summed E-state index contributed by atoms with van der Waals surface area (Å²) in [5.41, 5.74) is 0.913. The minimum absolute atomic E-state index is 0. The smallest absolute Gasteiger partial charge is 0.234 e. The molecule has 4 nitrogen and oxygen atoms in total. The molecule has 1 fully saturated rings. The second-order valence-electron chi connectivity index (χ2n) is 6.09. The summed E-state index contributed by atoms with van der Waals surface area (Å²) in [7, 11) is 2.01. The van der Waals surface area contributed by atoms with E-state index in [0.29, 0.717) is 12.6 Å². The molecule has 1 aliphatic heterocycles. The van der Waals surface area contributed by atoms with Crippen molar-refractivity contribution in [3.63, 3.8) is 0 Å². The molecule has 2 rings (SSSR count). The fourth-order valence-electron chi connectivity index (χ4n) is 2.92. The number of hydrogen-bond acceptors (Lipinski definition) is 3. The third-order valence-corrected chi connectivity index (χ3v) is 4.31. The molecular weight excluding hydrogens is 317 g/mol. The van der Waals surface area contributed by atoms with E-state index in [9.17, 15) is 9.18 Å². The lowest BCUT2D eigenvalue weighted by Crippen LogP contribution is -2.41. The molecule has 2 N–H and O–H groups in total. The van der Waals surface area contributed by atoms with Crippen LogP contribution in [0.25, 0.3) is 0 Å². The van der Waals surface area contributed by atoms with Crippen LogP contribution >= 0.6 is 12.4 Å². The van der Waals surface area contributed by atoms with E-state index in [-0.39, 0.29) is 30.2 Å². The van der Waals surface area contributed by atoms with Gasteiger partial charge >= 0.3 is 0 Å². The van der Waals surface area contributed by atoms with Crippen molar-refractivity contribution in [2.45, 2.75) is 38.3 Å². The first-order chi connectivity index (χ1) is 10.6. The van der Waals surface area contributed by atoms with Gasteiger partial charge in [0.2, 0.25) is 5.91 Å². The van der Waals surface area contributed by atoms with Crippen LogP contribution in [0.5, 0.6) is 0 Å². The van der Waals surface area contributed by atoms with Crippen molar-refractivity contribution in [1.29, 1.82) is 0 Å². The maximum absolute atomic E-state index is 12.9. The molecule has 2 atom stereocenters. The van der Waals surface area contributed by atoms with Gasteiger partial charge in [-0.05, 0) is 64.0 Å². The number of halogens is 2. The van der Waals surface area contributed by atoms with Gasteiger partial charge in [0.1, 0.15) is 5.82 Å². The van der Waals surface area contributed by atoms with Gasteiger partial charge in [-0.2, -0.15) is 0 Å². The normalized spacial score (nSPS) is 19.6. The molecule has 130 valence electrons. The molecule has 0 aliphatic carbocycles. The van der Waals surface area contributed by atoms with Gasteiger partial charge in [-0.3, -0.25) is 9.69 Å². The van der Waals surface area contributed by atoms with Crippen molar-refractivity contribution in [3.8, 4) is 0 Å². The summed E-state index contributed by atoms with van der Waals surface area (Å²) in [5.74, 6) is -0.250. The summed E-state index contributed by atoms with van der Waals surface area (Å²) >= 11 is 0. The van der Waals surface area contributed by atoms with Crippen molar-refractivity contribution in [2.75, 3.05) is 26.7 Å². The maximum atomic E-state index is 12.9. The van der Waals surface area contributed by atoms with Crippen LogP contribution in [-0.2, 0) is 4.79 Å². The molecule has 0 spiro atoms. The second kappa shape index (κ2) is 9.85. The average Bonchev–Trinajstić information content (AvgIpc) is 2.76. The van der Waals surface area contributed by atoms with E-state index in [0.717, 1.165) is 37.9 Å². The van der Waals surface area contributed by atoms with Gasteiger partial charge in [0, 0.05) is 6.04 Å². The van der Waals surface area contributed by atoms with E-state index in [1.165, 1.54) is 12.1 Å². The van der Waals surface area contributed by atoms with E-state index in [1.54, 1.807) is 12.1 Å². The zero-order valence-corrected chi connectivity index (χ0v) is 14.7. The molecule has 23 heavy (non-hydrogen) atoms. The van der Waals surface area contributed by atoms with Crippen molar-refractivity contribution in [3.05, 3.63) is 35.6 Å². The average molecular weight is 344 g/mol. The monoisotopic (exact) mass is 343 g/mol. The third kappa shape index (κ3) is 6.45. The zero-order chi connectivity index (χ0) is 15.9. The molecular formula is C17H27ClFN3O. The minimum atomic E-state index is -0.260. The highest BCUT2D eigenvalue weighted by atomic mass is 35.5. The molecule has 1 saturated heterocycles. The van der Waals surface area contributed by atoms with Crippen molar-refractivity contribution >= 4 is 18.3 Å². The highest BCUT2D eigenvalue weighted by Gasteiger charge is 2.19. The highest BCUT2D eigenvalue weighted by molar-refractivity contribution is 5.85. The SMILES string of the molecule is CC(NC(=O)CN(C)C1CCCNCC1)c1ccc(F)cc1.Cl. The van der Waals surface area contributed by atoms with Crippen molar-refractivity contribution in [1.82, 2.24) is 15.5 Å². The van der Waals surface area contributed by atoms with Gasteiger partial charge in [0.25, 0.3) is 0 Å². The zero-order valence-electron chi connectivity index (χ0n) is 13.8. The Hall–Kier alpha value is -1.17. The van der Waals surface area contributed by atoms with Crippen LogP contribution in [0.1, 0.15) is 37.8 Å². The third-order valence-electron chi connectivity index (χ3n) is 4.31. The van der Waals surface area contributed by atoms with Crippen LogP contribution in [0.4, 0.5) is 4.39 Å². The number of hydrogen-bond donors (Lipinski definition) is 2. The molecule has 1 amide bonds. The largest absolute Gasteiger partial charge is 0.348 e. The van der Waals surface area contributed by atoms with E-state index in [1.807, 2.05) is 14.0 Å². The van der Waals surface area contributed by atoms with Gasteiger partial charge in [-0.1, -0.05) is 12.1 Å². The first kappa shape index (κ1) is 19.9. The topological polar surface area (TPSA) is 44.4 Å². The Balaban J connectivity index is 0.00000264. The van der Waals surface area contributed by atoms with Gasteiger partial charge < -0.3 is 10.6 Å². The summed E-state index contributed by atoms with van der Waals surface area (Å²) in [4.78, 5) is 14.3. The van der Waals surface area contributed by atoms with E-state index >= 15 is 0 Å². The number of carbonyl (C=O) groups excluding carboxylic acids is 1. The molecule has 6 heteroatoms. The van der Waals surface area contributed by atoms with Crippen LogP contribution in [-0.4, -0.2) is 43.5 Å². The lowest BCUT2D eigenvalue weighted by molar-refractivity contribution is -0.123. The lowest BCUT2D eigenvalue weighted by atomic mass is 10.1. The number of nitrogens with zero attached hydrogens (tertiary/aromatic N) is 1. The Labute approximate surface area is 144 Å². The number of amides is 1. The fourth-order valence-corrected chi connectivity index (χ4v) is 2.92. The number of nitrogens with one attached hydrogen (secondary N) is 2. The molecule has 0 bridgehead atoms. The maximum Gasteiger partial charge on any atom is 0.234 e. The lowest BCUT2D eigenvalue weighted by Gasteiger charge is -2.27. The van der Waals surface area contributed by atoms with Gasteiger partial charge in [-0.25, -0.2) is 4.39 Å². The highest BCUT2D eigenvalue weighted by Crippen LogP contribution is 2.14. The molecule has 1 aromatic rings. The summed E-state index contributed by atoms with van der Waals surface area (Å²) in [5, 5.41) is 6.37. The summed E-state index contributed by atoms with van der Waals surface area (Å²) in [6, 6.07) is 6.60. The Morgan fingerprint density at radius 1 is 1.35 bits per heavy atom. The summed E-state index contributed by atoms with van der Waals surface area (Å²) in [6.07, 6.45) is 3.37. The standard InChI is InChI=1S/C17H26FN3O.ClH/c1-13(14-5-7-15(18)8-6-14)20-17(22)12-21(2)16-4-3-10-19-11-9-16;/h5-8,13,16,19H,3-4,9-12H2,1-2H3,(H,20,22);1H. The van der Waals surface area contributed by atoms with Crippen LogP contribution in [0, 0.1) is 5.82 Å². The minimum Gasteiger partial charge on any atom is -0.348 e. The predicted octanol–water partition coefficient (Wildman–Crippen LogP) is 2.50. The molecule has 2 unspecified atom stereocenters. The fraction of sp³-hybridized carbons (Fsp3) is 0.588. The van der Waals surface area contributed by atoms with Crippen LogP contribution in [0.15, 0.2) is 24.3 Å². The Kier molecular flexibility index (Phi) is 8.52. The Morgan fingerprint density at radius 2 is 2.04 bits per heavy atom. The van der Waals surface area contributed by atoms with E-state index < -0.39 is 0 Å². The van der Waals surface area contributed by atoms with Crippen molar-refractivity contribution in [2.24, 2.45) is 0 Å². The number of carbonyl (C=O) groups is 1. The first-order valence-electron chi connectivity index (χ1n) is 8.02. The van der Waals surface area contributed by atoms with Crippen LogP contribution in [0.2, 0.25) is 0 Å². The number of benzene rings is 1. The summed E-state index contributed by atoms with van der Waals surface area (Å²) in [6.45, 7) is 4.40. The quantitative estimate of drug-likeness (QED) is 0.863. The molecule has 1 aromatic carbocycles. The van der Waals surface area contributed by atoms with Crippen LogP contribution < -0.4 is 10.6 Å². The predicted molar refractivity (Wildman–Crippen MR) is 93.3 cm³/mol. The molecule has 0 aromatic heterocycles. The van der Waals surface area contributed by atoms with Gasteiger partial charge in [0.05, 0.1) is 12.6 Å².